The first-order valence-electron chi connectivity index (χ1n) is 7.23. The van der Waals surface area contributed by atoms with Crippen molar-refractivity contribution < 1.29 is 9.18 Å². The highest BCUT2D eigenvalue weighted by Crippen LogP contribution is 2.16. The van der Waals surface area contributed by atoms with Gasteiger partial charge in [-0.25, -0.2) is 4.39 Å². The SMILES string of the molecule is C[C@@H](C(=O)Nc1ccccc1F)n1ccc2ccccc2c1=O. The maximum atomic E-state index is 13.6. The van der Waals surface area contributed by atoms with Gasteiger partial charge in [-0.1, -0.05) is 30.3 Å². The van der Waals surface area contributed by atoms with E-state index in [0.717, 1.165) is 5.39 Å². The number of hydrogen-bond acceptors (Lipinski definition) is 2. The summed E-state index contributed by atoms with van der Waals surface area (Å²) in [7, 11) is 0. The van der Waals surface area contributed by atoms with Crippen molar-refractivity contribution in [2.24, 2.45) is 0 Å². The Morgan fingerprint density at radius 1 is 1.09 bits per heavy atom. The quantitative estimate of drug-likeness (QED) is 0.806. The minimum absolute atomic E-state index is 0.0955. The number of hydrogen-bond donors (Lipinski definition) is 1. The second-order valence-corrected chi connectivity index (χ2v) is 5.26. The molecular formula is C18H15FN2O2. The van der Waals surface area contributed by atoms with Crippen molar-refractivity contribution in [2.75, 3.05) is 5.32 Å². The van der Waals surface area contributed by atoms with Gasteiger partial charge < -0.3 is 9.88 Å². The largest absolute Gasteiger partial charge is 0.322 e. The molecule has 0 saturated carbocycles. The molecule has 0 aliphatic heterocycles. The van der Waals surface area contributed by atoms with Crippen LogP contribution >= 0.6 is 0 Å². The molecule has 0 aliphatic carbocycles. The van der Waals surface area contributed by atoms with Crippen LogP contribution < -0.4 is 10.9 Å². The van der Waals surface area contributed by atoms with Crippen molar-refractivity contribution in [3.8, 4) is 0 Å². The number of benzene rings is 2. The number of para-hydroxylation sites is 1. The van der Waals surface area contributed by atoms with Crippen LogP contribution in [0, 0.1) is 5.82 Å². The number of halogens is 1. The van der Waals surface area contributed by atoms with E-state index in [1.807, 2.05) is 12.1 Å². The smallest absolute Gasteiger partial charge is 0.259 e. The fraction of sp³-hybridized carbons (Fsp3) is 0.111. The van der Waals surface area contributed by atoms with E-state index in [9.17, 15) is 14.0 Å². The van der Waals surface area contributed by atoms with Gasteiger partial charge in [-0.2, -0.15) is 0 Å². The Morgan fingerprint density at radius 3 is 2.57 bits per heavy atom. The topological polar surface area (TPSA) is 51.1 Å². The Kier molecular flexibility index (Phi) is 3.93. The highest BCUT2D eigenvalue weighted by atomic mass is 19.1. The minimum atomic E-state index is -0.758. The molecule has 1 aromatic heterocycles. The molecule has 1 atom stereocenters. The van der Waals surface area contributed by atoms with Gasteiger partial charge in [0.2, 0.25) is 5.91 Å². The van der Waals surface area contributed by atoms with E-state index in [4.69, 9.17) is 0 Å². The molecule has 0 aliphatic rings. The summed E-state index contributed by atoms with van der Waals surface area (Å²) in [6.45, 7) is 1.60. The lowest BCUT2D eigenvalue weighted by Crippen LogP contribution is -2.31. The Balaban J connectivity index is 1.92. The predicted octanol–water partition coefficient (Wildman–Crippen LogP) is 3.34. The number of amides is 1. The normalized spacial score (nSPS) is 12.1. The molecule has 5 heteroatoms. The van der Waals surface area contributed by atoms with E-state index in [1.54, 1.807) is 43.5 Å². The summed E-state index contributed by atoms with van der Waals surface area (Å²) in [6, 6.07) is 14.1. The number of aromatic nitrogens is 1. The van der Waals surface area contributed by atoms with Crippen molar-refractivity contribution in [3.05, 3.63) is 77.0 Å². The number of anilines is 1. The standard InChI is InChI=1S/C18H15FN2O2/c1-12(17(22)20-16-9-5-4-8-15(16)19)21-11-10-13-6-2-3-7-14(13)18(21)23/h2-12H,1H3,(H,20,22)/t12-/m0/s1. The molecule has 0 radical (unpaired) electrons. The number of rotatable bonds is 3. The first kappa shape index (κ1) is 15.0. The predicted molar refractivity (Wildman–Crippen MR) is 87.9 cm³/mol. The van der Waals surface area contributed by atoms with Crippen LogP contribution in [0.4, 0.5) is 10.1 Å². The van der Waals surface area contributed by atoms with Crippen molar-refractivity contribution in [1.82, 2.24) is 4.57 Å². The highest BCUT2D eigenvalue weighted by molar-refractivity contribution is 5.93. The first-order valence-corrected chi connectivity index (χ1v) is 7.23. The first-order chi connectivity index (χ1) is 11.1. The Bertz CT molecular complexity index is 933. The van der Waals surface area contributed by atoms with E-state index in [2.05, 4.69) is 5.32 Å². The minimum Gasteiger partial charge on any atom is -0.322 e. The monoisotopic (exact) mass is 310 g/mol. The van der Waals surface area contributed by atoms with Crippen LogP contribution in [0.15, 0.2) is 65.6 Å². The summed E-state index contributed by atoms with van der Waals surface area (Å²) >= 11 is 0. The van der Waals surface area contributed by atoms with Crippen molar-refractivity contribution in [3.63, 3.8) is 0 Å². The third kappa shape index (κ3) is 2.85. The molecule has 0 unspecified atom stereocenters. The van der Waals surface area contributed by atoms with E-state index >= 15 is 0 Å². The van der Waals surface area contributed by atoms with Crippen LogP contribution in [0.1, 0.15) is 13.0 Å². The highest BCUT2D eigenvalue weighted by Gasteiger charge is 2.18. The molecule has 0 spiro atoms. The number of carbonyl (C=O) groups excluding carboxylic acids is 1. The molecule has 0 saturated heterocycles. The number of carbonyl (C=O) groups is 1. The molecule has 1 heterocycles. The van der Waals surface area contributed by atoms with E-state index in [1.165, 1.54) is 16.7 Å². The zero-order valence-corrected chi connectivity index (χ0v) is 12.5. The van der Waals surface area contributed by atoms with Crippen LogP contribution in [0.3, 0.4) is 0 Å². The van der Waals surface area contributed by atoms with Gasteiger partial charge in [0.05, 0.1) is 5.69 Å². The molecular weight excluding hydrogens is 295 g/mol. The molecule has 3 aromatic rings. The molecule has 1 amide bonds. The fourth-order valence-corrected chi connectivity index (χ4v) is 2.44. The summed E-state index contributed by atoms with van der Waals surface area (Å²) in [4.78, 5) is 24.8. The summed E-state index contributed by atoms with van der Waals surface area (Å²) in [6.07, 6.45) is 1.58. The average Bonchev–Trinajstić information content (AvgIpc) is 2.57. The molecule has 0 fully saturated rings. The van der Waals surface area contributed by atoms with Gasteiger partial charge in [0.15, 0.2) is 0 Å². The van der Waals surface area contributed by atoms with Gasteiger partial charge in [0.1, 0.15) is 11.9 Å². The van der Waals surface area contributed by atoms with Crippen LogP contribution in [-0.2, 0) is 4.79 Å². The molecule has 2 aromatic carbocycles. The third-order valence-corrected chi connectivity index (χ3v) is 3.77. The molecule has 4 nitrogen and oxygen atoms in total. The zero-order chi connectivity index (χ0) is 16.4. The van der Waals surface area contributed by atoms with E-state index in [-0.39, 0.29) is 11.2 Å². The van der Waals surface area contributed by atoms with Gasteiger partial charge in [0.25, 0.3) is 5.56 Å². The van der Waals surface area contributed by atoms with Gasteiger partial charge in [0, 0.05) is 11.6 Å². The van der Waals surface area contributed by atoms with Crippen molar-refractivity contribution in [2.45, 2.75) is 13.0 Å². The third-order valence-electron chi connectivity index (χ3n) is 3.77. The van der Waals surface area contributed by atoms with Crippen LogP contribution in [0.5, 0.6) is 0 Å². The van der Waals surface area contributed by atoms with Gasteiger partial charge in [-0.05, 0) is 36.6 Å². The number of pyridine rings is 1. The lowest BCUT2D eigenvalue weighted by molar-refractivity contribution is -0.118. The number of fused-ring (bicyclic) bond motifs is 1. The summed E-state index contributed by atoms with van der Waals surface area (Å²) < 4.78 is 15.0. The van der Waals surface area contributed by atoms with E-state index < -0.39 is 17.8 Å². The summed E-state index contributed by atoms with van der Waals surface area (Å²) in [5, 5.41) is 3.87. The van der Waals surface area contributed by atoms with Gasteiger partial charge >= 0.3 is 0 Å². The van der Waals surface area contributed by atoms with E-state index in [0.29, 0.717) is 5.39 Å². The number of nitrogens with zero attached hydrogens (tertiary/aromatic N) is 1. The zero-order valence-electron chi connectivity index (χ0n) is 12.5. The molecule has 23 heavy (non-hydrogen) atoms. The Hall–Kier alpha value is -2.95. The molecule has 116 valence electrons. The van der Waals surface area contributed by atoms with Gasteiger partial charge in [-0.15, -0.1) is 0 Å². The van der Waals surface area contributed by atoms with Crippen LogP contribution in [0.2, 0.25) is 0 Å². The maximum absolute atomic E-state index is 13.6. The average molecular weight is 310 g/mol. The molecule has 1 N–H and O–H groups in total. The second-order valence-electron chi connectivity index (χ2n) is 5.26. The van der Waals surface area contributed by atoms with Gasteiger partial charge in [-0.3, -0.25) is 9.59 Å². The van der Waals surface area contributed by atoms with Crippen LogP contribution in [-0.4, -0.2) is 10.5 Å². The Morgan fingerprint density at radius 2 is 1.78 bits per heavy atom. The Labute approximate surface area is 132 Å². The van der Waals surface area contributed by atoms with Crippen LogP contribution in [0.25, 0.3) is 10.8 Å². The summed E-state index contributed by atoms with van der Waals surface area (Å²) in [5.41, 5.74) is -0.155. The second kappa shape index (κ2) is 6.04. The lowest BCUT2D eigenvalue weighted by Gasteiger charge is -2.16. The van der Waals surface area contributed by atoms with Crippen molar-refractivity contribution in [1.29, 1.82) is 0 Å². The molecule has 3 rings (SSSR count). The fourth-order valence-electron chi connectivity index (χ4n) is 2.44. The number of nitrogens with one attached hydrogen (secondary N) is 1. The molecule has 0 bridgehead atoms. The lowest BCUT2D eigenvalue weighted by atomic mass is 10.1. The van der Waals surface area contributed by atoms with Crippen molar-refractivity contribution >= 4 is 22.4 Å². The summed E-state index contributed by atoms with van der Waals surface area (Å²) in [5.74, 6) is -0.966. The maximum Gasteiger partial charge on any atom is 0.259 e.